The van der Waals surface area contributed by atoms with Crippen LogP contribution in [0.15, 0.2) is 94.7 Å². The summed E-state index contributed by atoms with van der Waals surface area (Å²) >= 11 is 1.35. The lowest BCUT2D eigenvalue weighted by Gasteiger charge is -2.15. The molecule has 152 valence electrons. The number of hydrogen-bond donors (Lipinski definition) is 2. The molecule has 4 aromatic carbocycles. The fraction of sp³-hybridized carbons (Fsp3) is 0.0435. The first-order valence-corrected chi connectivity index (χ1v) is 11.6. The average molecular weight is 440 g/mol. The van der Waals surface area contributed by atoms with Gasteiger partial charge in [0.1, 0.15) is 11.6 Å². The molecule has 4 aromatic rings. The number of benzene rings is 4. The zero-order valence-electron chi connectivity index (χ0n) is 15.7. The van der Waals surface area contributed by atoms with Crippen molar-refractivity contribution < 1.29 is 17.9 Å². The molecule has 0 aliphatic carbocycles. The minimum absolute atomic E-state index is 0.0981. The molecular weight excluding hydrogens is 421 g/mol. The van der Waals surface area contributed by atoms with Crippen molar-refractivity contribution in [3.05, 3.63) is 96.3 Å². The van der Waals surface area contributed by atoms with Crippen LogP contribution in [-0.4, -0.2) is 13.5 Å². The van der Waals surface area contributed by atoms with E-state index >= 15 is 0 Å². The van der Waals surface area contributed by atoms with Gasteiger partial charge < -0.3 is 5.11 Å². The standard InChI is InChI=1S/C23H18FNO3S2/c24-17-12-10-16(11-13-17)15-30(27,28)25-21-14-22(29-18-6-2-1-3-7-18)23(26)20-9-5-4-8-19(20)21/h1-14,25-26H,15H2. The van der Waals surface area contributed by atoms with Crippen molar-refractivity contribution in [2.75, 3.05) is 4.72 Å². The smallest absolute Gasteiger partial charge is 0.236 e. The number of fused-ring (bicyclic) bond motifs is 1. The van der Waals surface area contributed by atoms with E-state index in [1.807, 2.05) is 30.3 Å². The molecule has 0 amide bonds. The maximum absolute atomic E-state index is 13.1. The molecule has 0 aliphatic rings. The van der Waals surface area contributed by atoms with Crippen LogP contribution in [0.1, 0.15) is 5.56 Å². The normalized spacial score (nSPS) is 11.5. The van der Waals surface area contributed by atoms with Gasteiger partial charge in [0, 0.05) is 15.7 Å². The predicted molar refractivity (Wildman–Crippen MR) is 119 cm³/mol. The van der Waals surface area contributed by atoms with Crippen LogP contribution in [0.4, 0.5) is 10.1 Å². The summed E-state index contributed by atoms with van der Waals surface area (Å²) in [5.74, 6) is -0.610. The van der Waals surface area contributed by atoms with E-state index in [1.165, 1.54) is 36.0 Å². The highest BCUT2D eigenvalue weighted by Crippen LogP contribution is 2.42. The van der Waals surface area contributed by atoms with Crippen LogP contribution < -0.4 is 4.72 Å². The monoisotopic (exact) mass is 439 g/mol. The molecule has 0 aromatic heterocycles. The number of hydrogen-bond acceptors (Lipinski definition) is 4. The van der Waals surface area contributed by atoms with Crippen molar-refractivity contribution in [1.82, 2.24) is 0 Å². The Morgan fingerprint density at radius 3 is 2.20 bits per heavy atom. The fourth-order valence-corrected chi connectivity index (χ4v) is 5.25. The van der Waals surface area contributed by atoms with Gasteiger partial charge >= 0.3 is 0 Å². The Kier molecular flexibility index (Phi) is 5.65. The molecule has 30 heavy (non-hydrogen) atoms. The Hall–Kier alpha value is -3.03. The van der Waals surface area contributed by atoms with Gasteiger partial charge in [-0.1, -0.05) is 66.4 Å². The number of anilines is 1. The van der Waals surface area contributed by atoms with E-state index in [0.717, 1.165) is 4.90 Å². The van der Waals surface area contributed by atoms with E-state index in [4.69, 9.17) is 0 Å². The van der Waals surface area contributed by atoms with Crippen molar-refractivity contribution in [1.29, 1.82) is 0 Å². The Morgan fingerprint density at radius 2 is 1.50 bits per heavy atom. The molecular formula is C23H18FNO3S2. The first kappa shape index (κ1) is 20.3. The van der Waals surface area contributed by atoms with Crippen LogP contribution in [0.25, 0.3) is 10.8 Å². The van der Waals surface area contributed by atoms with Crippen molar-refractivity contribution in [3.63, 3.8) is 0 Å². The highest BCUT2D eigenvalue weighted by atomic mass is 32.2. The molecule has 0 saturated heterocycles. The van der Waals surface area contributed by atoms with Crippen LogP contribution in [0.2, 0.25) is 0 Å². The molecule has 0 bridgehead atoms. The van der Waals surface area contributed by atoms with Gasteiger partial charge in [-0.25, -0.2) is 12.8 Å². The second-order valence-electron chi connectivity index (χ2n) is 6.72. The Morgan fingerprint density at radius 1 is 0.867 bits per heavy atom. The Balaban J connectivity index is 1.72. The maximum Gasteiger partial charge on any atom is 0.236 e. The van der Waals surface area contributed by atoms with E-state index in [0.29, 0.717) is 26.9 Å². The van der Waals surface area contributed by atoms with E-state index < -0.39 is 15.8 Å². The van der Waals surface area contributed by atoms with E-state index in [2.05, 4.69) is 4.72 Å². The van der Waals surface area contributed by atoms with Crippen molar-refractivity contribution in [3.8, 4) is 5.75 Å². The molecule has 2 N–H and O–H groups in total. The second-order valence-corrected chi connectivity index (χ2v) is 9.56. The quantitative estimate of drug-likeness (QED) is 0.374. The molecule has 4 rings (SSSR count). The maximum atomic E-state index is 13.1. The SMILES string of the molecule is O=S(=O)(Cc1ccc(F)cc1)Nc1cc(Sc2ccccc2)c(O)c2ccccc12. The molecule has 0 aliphatic heterocycles. The number of rotatable bonds is 6. The molecule has 0 saturated carbocycles. The number of nitrogens with one attached hydrogen (secondary N) is 1. The van der Waals surface area contributed by atoms with Gasteiger partial charge in [-0.3, -0.25) is 4.72 Å². The minimum atomic E-state index is -3.76. The third kappa shape index (κ3) is 4.58. The lowest BCUT2D eigenvalue weighted by atomic mass is 10.1. The van der Waals surface area contributed by atoms with Crippen LogP contribution >= 0.6 is 11.8 Å². The second kappa shape index (κ2) is 8.38. The third-order valence-electron chi connectivity index (χ3n) is 4.49. The molecule has 0 atom stereocenters. The first-order chi connectivity index (χ1) is 14.4. The summed E-state index contributed by atoms with van der Waals surface area (Å²) in [7, 11) is -3.76. The summed E-state index contributed by atoms with van der Waals surface area (Å²) in [4.78, 5) is 1.46. The number of halogens is 1. The van der Waals surface area contributed by atoms with Crippen LogP contribution in [0.3, 0.4) is 0 Å². The predicted octanol–water partition coefficient (Wildman–Crippen LogP) is 5.78. The number of sulfonamides is 1. The van der Waals surface area contributed by atoms with Gasteiger partial charge in [-0.05, 0) is 35.9 Å². The first-order valence-electron chi connectivity index (χ1n) is 9.14. The van der Waals surface area contributed by atoms with E-state index in [1.54, 1.807) is 30.3 Å². The van der Waals surface area contributed by atoms with Crippen LogP contribution in [0, 0.1) is 5.82 Å². The van der Waals surface area contributed by atoms with Gasteiger partial charge in [0.15, 0.2) is 0 Å². The molecule has 0 radical (unpaired) electrons. The van der Waals surface area contributed by atoms with Crippen molar-refractivity contribution >= 4 is 38.2 Å². The molecule has 0 unspecified atom stereocenters. The largest absolute Gasteiger partial charge is 0.506 e. The molecule has 0 heterocycles. The highest BCUT2D eigenvalue weighted by molar-refractivity contribution is 7.99. The lowest BCUT2D eigenvalue weighted by Crippen LogP contribution is -2.15. The van der Waals surface area contributed by atoms with Gasteiger partial charge in [-0.2, -0.15) is 0 Å². The number of phenols is 1. The Labute approximate surface area is 178 Å². The fourth-order valence-electron chi connectivity index (χ4n) is 3.12. The number of phenolic OH excluding ortho intramolecular Hbond substituents is 1. The van der Waals surface area contributed by atoms with E-state index in [9.17, 15) is 17.9 Å². The van der Waals surface area contributed by atoms with Crippen molar-refractivity contribution in [2.24, 2.45) is 0 Å². The van der Waals surface area contributed by atoms with E-state index in [-0.39, 0.29) is 11.5 Å². The molecule has 4 nitrogen and oxygen atoms in total. The zero-order chi connectivity index (χ0) is 21.1. The third-order valence-corrected chi connectivity index (χ3v) is 6.77. The van der Waals surface area contributed by atoms with Crippen LogP contribution in [0.5, 0.6) is 5.75 Å². The van der Waals surface area contributed by atoms with Gasteiger partial charge in [0.2, 0.25) is 10.0 Å². The Bertz CT molecular complexity index is 1290. The summed E-state index contributed by atoms with van der Waals surface area (Å²) in [6.45, 7) is 0. The summed E-state index contributed by atoms with van der Waals surface area (Å²) in [6.07, 6.45) is 0. The summed E-state index contributed by atoms with van der Waals surface area (Å²) in [6, 6.07) is 23.6. The molecule has 0 spiro atoms. The molecule has 7 heteroatoms. The minimum Gasteiger partial charge on any atom is -0.506 e. The highest BCUT2D eigenvalue weighted by Gasteiger charge is 2.18. The summed E-state index contributed by atoms with van der Waals surface area (Å²) in [5, 5.41) is 11.9. The summed E-state index contributed by atoms with van der Waals surface area (Å²) < 4.78 is 41.3. The number of aromatic hydroxyl groups is 1. The van der Waals surface area contributed by atoms with Crippen LogP contribution in [-0.2, 0) is 15.8 Å². The lowest BCUT2D eigenvalue weighted by molar-refractivity contribution is 0.469. The topological polar surface area (TPSA) is 66.4 Å². The average Bonchev–Trinajstić information content (AvgIpc) is 2.73. The van der Waals surface area contributed by atoms with Gasteiger partial charge in [0.25, 0.3) is 0 Å². The zero-order valence-corrected chi connectivity index (χ0v) is 17.4. The van der Waals surface area contributed by atoms with Crippen molar-refractivity contribution in [2.45, 2.75) is 15.5 Å². The van der Waals surface area contributed by atoms with Gasteiger partial charge in [-0.15, -0.1) is 0 Å². The summed E-state index contributed by atoms with van der Waals surface area (Å²) in [5.41, 5.74) is 0.856. The van der Waals surface area contributed by atoms with Gasteiger partial charge in [0.05, 0.1) is 16.3 Å². The molecule has 0 fully saturated rings.